The van der Waals surface area contributed by atoms with Crippen molar-refractivity contribution in [2.75, 3.05) is 19.7 Å². The molecule has 0 radical (unpaired) electrons. The van der Waals surface area contributed by atoms with Crippen molar-refractivity contribution in [1.29, 1.82) is 0 Å². The standard InChI is InChI=1S/C15H30N2O/c1-4-6-13(11-16-12(2)3)17-9-10-18-15-8-5-7-14(15)17/h12-16H,4-11H2,1-3H3. The highest BCUT2D eigenvalue weighted by atomic mass is 16.5. The van der Waals surface area contributed by atoms with Crippen LogP contribution in [0.3, 0.4) is 0 Å². The van der Waals surface area contributed by atoms with Crippen molar-refractivity contribution < 1.29 is 4.74 Å². The number of rotatable bonds is 6. The number of nitrogens with zero attached hydrogens (tertiary/aromatic N) is 1. The van der Waals surface area contributed by atoms with E-state index in [-0.39, 0.29) is 0 Å². The van der Waals surface area contributed by atoms with Crippen LogP contribution in [-0.2, 0) is 4.74 Å². The Morgan fingerprint density at radius 1 is 1.33 bits per heavy atom. The molecule has 0 aromatic rings. The molecule has 3 unspecified atom stereocenters. The predicted octanol–water partition coefficient (Wildman–Crippen LogP) is 2.41. The molecular weight excluding hydrogens is 224 g/mol. The summed E-state index contributed by atoms with van der Waals surface area (Å²) in [4.78, 5) is 2.75. The van der Waals surface area contributed by atoms with Gasteiger partial charge in [0.05, 0.1) is 12.7 Å². The first-order valence-corrected chi connectivity index (χ1v) is 7.83. The van der Waals surface area contributed by atoms with E-state index < -0.39 is 0 Å². The molecule has 1 aliphatic heterocycles. The lowest BCUT2D eigenvalue weighted by atomic mass is 10.0. The van der Waals surface area contributed by atoms with Crippen LogP contribution in [-0.4, -0.2) is 48.8 Å². The highest BCUT2D eigenvalue weighted by molar-refractivity contribution is 4.92. The van der Waals surface area contributed by atoms with Crippen molar-refractivity contribution in [3.05, 3.63) is 0 Å². The molecule has 1 N–H and O–H groups in total. The molecule has 106 valence electrons. The van der Waals surface area contributed by atoms with Crippen molar-refractivity contribution in [3.63, 3.8) is 0 Å². The molecule has 1 saturated heterocycles. The van der Waals surface area contributed by atoms with Gasteiger partial charge in [0, 0.05) is 31.2 Å². The van der Waals surface area contributed by atoms with E-state index >= 15 is 0 Å². The first-order valence-electron chi connectivity index (χ1n) is 7.83. The molecule has 2 fully saturated rings. The summed E-state index contributed by atoms with van der Waals surface area (Å²) < 4.78 is 5.92. The van der Waals surface area contributed by atoms with Gasteiger partial charge in [-0.15, -0.1) is 0 Å². The minimum absolute atomic E-state index is 0.525. The van der Waals surface area contributed by atoms with Crippen molar-refractivity contribution in [2.45, 2.75) is 77.1 Å². The monoisotopic (exact) mass is 254 g/mol. The fourth-order valence-electron chi connectivity index (χ4n) is 3.50. The molecule has 0 aromatic carbocycles. The molecule has 2 aliphatic rings. The topological polar surface area (TPSA) is 24.5 Å². The Balaban J connectivity index is 1.94. The number of fused-ring (bicyclic) bond motifs is 1. The highest BCUT2D eigenvalue weighted by Gasteiger charge is 2.38. The number of hydrogen-bond donors (Lipinski definition) is 1. The molecule has 0 bridgehead atoms. The quantitative estimate of drug-likeness (QED) is 0.788. The van der Waals surface area contributed by atoms with Gasteiger partial charge in [0.1, 0.15) is 0 Å². The molecule has 3 nitrogen and oxygen atoms in total. The van der Waals surface area contributed by atoms with Gasteiger partial charge in [0.25, 0.3) is 0 Å². The second-order valence-corrected chi connectivity index (χ2v) is 6.15. The normalized spacial score (nSPS) is 30.7. The maximum absolute atomic E-state index is 5.92. The second kappa shape index (κ2) is 6.88. The van der Waals surface area contributed by atoms with E-state index in [2.05, 4.69) is 31.0 Å². The molecule has 2 rings (SSSR count). The third-order valence-electron chi connectivity index (χ3n) is 4.38. The van der Waals surface area contributed by atoms with Crippen LogP contribution in [0.4, 0.5) is 0 Å². The lowest BCUT2D eigenvalue weighted by Crippen LogP contribution is -2.55. The number of morpholine rings is 1. The summed E-state index contributed by atoms with van der Waals surface area (Å²) in [5, 5.41) is 3.63. The van der Waals surface area contributed by atoms with Gasteiger partial charge in [-0.3, -0.25) is 4.90 Å². The average Bonchev–Trinajstić information content (AvgIpc) is 2.82. The smallest absolute Gasteiger partial charge is 0.0731 e. The van der Waals surface area contributed by atoms with Crippen LogP contribution in [0.1, 0.15) is 52.9 Å². The van der Waals surface area contributed by atoms with Gasteiger partial charge in [-0.1, -0.05) is 27.2 Å². The van der Waals surface area contributed by atoms with E-state index in [9.17, 15) is 0 Å². The lowest BCUT2D eigenvalue weighted by Gasteiger charge is -2.43. The number of ether oxygens (including phenoxy) is 1. The summed E-state index contributed by atoms with van der Waals surface area (Å²) in [6.07, 6.45) is 7.08. The van der Waals surface area contributed by atoms with Gasteiger partial charge in [-0.05, 0) is 25.7 Å². The van der Waals surface area contributed by atoms with Crippen molar-refractivity contribution >= 4 is 0 Å². The van der Waals surface area contributed by atoms with Crippen LogP contribution in [0.25, 0.3) is 0 Å². The largest absolute Gasteiger partial charge is 0.375 e. The lowest BCUT2D eigenvalue weighted by molar-refractivity contribution is -0.0727. The van der Waals surface area contributed by atoms with Crippen LogP contribution >= 0.6 is 0 Å². The minimum atomic E-state index is 0.525. The summed E-state index contributed by atoms with van der Waals surface area (Å²) in [6, 6.07) is 1.99. The second-order valence-electron chi connectivity index (χ2n) is 6.15. The van der Waals surface area contributed by atoms with Crippen LogP contribution in [0.15, 0.2) is 0 Å². The third kappa shape index (κ3) is 3.46. The molecule has 1 heterocycles. The van der Waals surface area contributed by atoms with Crippen molar-refractivity contribution in [3.8, 4) is 0 Å². The molecule has 0 spiro atoms. The maximum atomic E-state index is 5.92. The molecule has 1 aliphatic carbocycles. The van der Waals surface area contributed by atoms with Gasteiger partial charge < -0.3 is 10.1 Å². The van der Waals surface area contributed by atoms with Crippen LogP contribution in [0.5, 0.6) is 0 Å². The fourth-order valence-corrected chi connectivity index (χ4v) is 3.50. The molecule has 3 atom stereocenters. The number of nitrogens with one attached hydrogen (secondary N) is 1. The minimum Gasteiger partial charge on any atom is -0.375 e. The first kappa shape index (κ1) is 14.3. The SMILES string of the molecule is CCCC(CNC(C)C)N1CCOC2CCCC21. The van der Waals surface area contributed by atoms with E-state index in [1.165, 1.54) is 32.1 Å². The number of hydrogen-bond acceptors (Lipinski definition) is 3. The zero-order chi connectivity index (χ0) is 13.0. The van der Waals surface area contributed by atoms with Gasteiger partial charge in [0.15, 0.2) is 0 Å². The Morgan fingerprint density at radius 3 is 2.89 bits per heavy atom. The summed E-state index contributed by atoms with van der Waals surface area (Å²) in [7, 11) is 0. The van der Waals surface area contributed by atoms with Gasteiger partial charge in [-0.25, -0.2) is 0 Å². The Bertz CT molecular complexity index is 245. The molecule has 0 aromatic heterocycles. The van der Waals surface area contributed by atoms with Gasteiger partial charge >= 0.3 is 0 Å². The van der Waals surface area contributed by atoms with E-state index in [1.807, 2.05) is 0 Å². The zero-order valence-electron chi connectivity index (χ0n) is 12.3. The molecule has 3 heteroatoms. The van der Waals surface area contributed by atoms with E-state index in [0.717, 1.165) is 19.7 Å². The Hall–Kier alpha value is -0.120. The first-order chi connectivity index (χ1) is 8.72. The van der Waals surface area contributed by atoms with Crippen molar-refractivity contribution in [1.82, 2.24) is 10.2 Å². The van der Waals surface area contributed by atoms with Crippen LogP contribution in [0.2, 0.25) is 0 Å². The van der Waals surface area contributed by atoms with E-state index in [4.69, 9.17) is 4.74 Å². The van der Waals surface area contributed by atoms with E-state index in [1.54, 1.807) is 0 Å². The van der Waals surface area contributed by atoms with Gasteiger partial charge in [-0.2, -0.15) is 0 Å². The van der Waals surface area contributed by atoms with Gasteiger partial charge in [0.2, 0.25) is 0 Å². The summed E-state index contributed by atoms with van der Waals surface area (Å²) in [6.45, 7) is 9.97. The summed E-state index contributed by atoms with van der Waals surface area (Å²) in [5.74, 6) is 0. The average molecular weight is 254 g/mol. The summed E-state index contributed by atoms with van der Waals surface area (Å²) >= 11 is 0. The summed E-state index contributed by atoms with van der Waals surface area (Å²) in [5.41, 5.74) is 0. The fraction of sp³-hybridized carbons (Fsp3) is 1.00. The third-order valence-corrected chi connectivity index (χ3v) is 4.38. The van der Waals surface area contributed by atoms with Crippen LogP contribution < -0.4 is 5.32 Å². The predicted molar refractivity (Wildman–Crippen MR) is 75.9 cm³/mol. The maximum Gasteiger partial charge on any atom is 0.0731 e. The zero-order valence-corrected chi connectivity index (χ0v) is 12.3. The van der Waals surface area contributed by atoms with Crippen molar-refractivity contribution in [2.24, 2.45) is 0 Å². The molecule has 0 amide bonds. The van der Waals surface area contributed by atoms with E-state index in [0.29, 0.717) is 24.2 Å². The Labute approximate surface area is 112 Å². The van der Waals surface area contributed by atoms with Crippen LogP contribution in [0, 0.1) is 0 Å². The molecular formula is C15H30N2O. The molecule has 18 heavy (non-hydrogen) atoms. The highest BCUT2D eigenvalue weighted by Crippen LogP contribution is 2.31. The Morgan fingerprint density at radius 2 is 2.17 bits per heavy atom. The molecule has 1 saturated carbocycles. The Kier molecular flexibility index (Phi) is 5.46.